The molecule has 1 aromatic carbocycles. The lowest BCUT2D eigenvalue weighted by atomic mass is 10.1. The minimum absolute atomic E-state index is 0.110. The van der Waals surface area contributed by atoms with E-state index in [1.807, 2.05) is 0 Å². The van der Waals surface area contributed by atoms with Crippen molar-refractivity contribution in [3.05, 3.63) is 35.2 Å². The third-order valence-corrected chi connectivity index (χ3v) is 3.78. The number of hydrogen-bond donors (Lipinski definition) is 1. The number of carbonyl (C=O) groups excluding carboxylic acids is 2. The van der Waals surface area contributed by atoms with Crippen molar-refractivity contribution < 1.29 is 27.5 Å². The highest BCUT2D eigenvalue weighted by molar-refractivity contribution is 6.03. The zero-order valence-corrected chi connectivity index (χ0v) is 15.2. The van der Waals surface area contributed by atoms with E-state index in [1.165, 1.54) is 19.1 Å². The number of carbonyl (C=O) groups is 2. The van der Waals surface area contributed by atoms with Crippen molar-refractivity contribution in [1.82, 2.24) is 14.8 Å². The van der Waals surface area contributed by atoms with Crippen molar-refractivity contribution >= 4 is 17.8 Å². The van der Waals surface area contributed by atoms with E-state index >= 15 is 0 Å². The number of nitrogens with zero attached hydrogens (tertiary/aromatic N) is 3. The summed E-state index contributed by atoms with van der Waals surface area (Å²) in [6, 6.07) is 3.80. The van der Waals surface area contributed by atoms with Crippen molar-refractivity contribution in [3.8, 4) is 5.75 Å². The van der Waals surface area contributed by atoms with Crippen LogP contribution in [0, 0.1) is 6.92 Å². The fourth-order valence-electron chi connectivity index (χ4n) is 2.45. The highest BCUT2D eigenvalue weighted by atomic mass is 19.4. The molecule has 1 unspecified atom stereocenters. The van der Waals surface area contributed by atoms with E-state index in [0.29, 0.717) is 12.0 Å². The van der Waals surface area contributed by atoms with Crippen LogP contribution in [0.3, 0.4) is 0 Å². The predicted octanol–water partition coefficient (Wildman–Crippen LogP) is 3.75. The molecule has 0 aliphatic heterocycles. The molecule has 146 valence electrons. The Kier molecular flexibility index (Phi) is 5.87. The lowest BCUT2D eigenvalue weighted by Crippen LogP contribution is -2.22. The van der Waals surface area contributed by atoms with Crippen molar-refractivity contribution in [2.75, 3.05) is 5.32 Å². The van der Waals surface area contributed by atoms with E-state index in [1.54, 1.807) is 26.8 Å². The second-order valence-electron chi connectivity index (χ2n) is 6.05. The Morgan fingerprint density at radius 1 is 1.26 bits per heavy atom. The maximum absolute atomic E-state index is 13.2. The average molecular weight is 384 g/mol. The van der Waals surface area contributed by atoms with E-state index in [9.17, 15) is 22.8 Å². The molecule has 0 radical (unpaired) electrons. The molecule has 0 saturated carbocycles. The van der Waals surface area contributed by atoms with Crippen molar-refractivity contribution in [1.29, 1.82) is 0 Å². The quantitative estimate of drug-likeness (QED) is 0.627. The van der Waals surface area contributed by atoms with Gasteiger partial charge in [0.25, 0.3) is 5.91 Å². The summed E-state index contributed by atoms with van der Waals surface area (Å²) in [6.45, 7) is 6.19. The Balaban J connectivity index is 2.37. The van der Waals surface area contributed by atoms with Gasteiger partial charge in [0.2, 0.25) is 11.8 Å². The van der Waals surface area contributed by atoms with Crippen LogP contribution in [0.2, 0.25) is 0 Å². The van der Waals surface area contributed by atoms with Crippen LogP contribution < -0.4 is 10.1 Å². The molecule has 0 saturated heterocycles. The number of esters is 1. The van der Waals surface area contributed by atoms with E-state index in [0.717, 1.165) is 4.57 Å². The van der Waals surface area contributed by atoms with Gasteiger partial charge in [0.05, 0.1) is 0 Å². The number of ether oxygens (including phenoxy) is 1. The summed E-state index contributed by atoms with van der Waals surface area (Å²) in [6.07, 6.45) is -4.32. The fraction of sp³-hybridized carbons (Fsp3) is 0.412. The summed E-state index contributed by atoms with van der Waals surface area (Å²) in [5.74, 6) is -2.59. The number of hydrogen-bond acceptors (Lipinski definition) is 5. The van der Waals surface area contributed by atoms with Gasteiger partial charge in [-0.15, -0.1) is 10.2 Å². The lowest BCUT2D eigenvalue weighted by molar-refractivity contribution is -0.148. The monoisotopic (exact) mass is 384 g/mol. The number of rotatable bonds is 5. The van der Waals surface area contributed by atoms with Gasteiger partial charge in [-0.25, -0.2) is 0 Å². The molecule has 1 N–H and O–H groups in total. The summed E-state index contributed by atoms with van der Waals surface area (Å²) in [5.41, 5.74) is 0.747. The van der Waals surface area contributed by atoms with Gasteiger partial charge in [-0.05, 0) is 44.0 Å². The SMILES string of the molecule is CCC(C)n1c(NC(=O)c2cc(C)cc(OC(C)=O)c2)nnc1C(F)(F)F. The summed E-state index contributed by atoms with van der Waals surface area (Å²) in [7, 11) is 0. The maximum Gasteiger partial charge on any atom is 0.451 e. The van der Waals surface area contributed by atoms with Gasteiger partial charge in [-0.3, -0.25) is 19.5 Å². The minimum atomic E-state index is -4.70. The van der Waals surface area contributed by atoms with Crippen molar-refractivity contribution in [2.24, 2.45) is 0 Å². The molecular formula is C17H19F3N4O3. The molecule has 1 heterocycles. The second-order valence-corrected chi connectivity index (χ2v) is 6.05. The van der Waals surface area contributed by atoms with Gasteiger partial charge in [-0.2, -0.15) is 13.2 Å². The van der Waals surface area contributed by atoms with E-state index in [-0.39, 0.29) is 17.3 Å². The van der Waals surface area contributed by atoms with E-state index in [2.05, 4.69) is 15.5 Å². The Labute approximate surface area is 153 Å². The molecule has 2 aromatic rings. The normalized spacial score (nSPS) is 12.6. The standard InChI is InChI=1S/C17H19F3N4O3/c1-5-10(3)24-15(17(18,19)20)22-23-16(24)21-14(26)12-6-9(2)7-13(8-12)27-11(4)25/h6-8,10H,5H2,1-4H3,(H,21,23,26). The first-order valence-corrected chi connectivity index (χ1v) is 8.16. The number of halogens is 3. The zero-order chi connectivity index (χ0) is 20.4. The highest BCUT2D eigenvalue weighted by Gasteiger charge is 2.39. The smallest absolute Gasteiger partial charge is 0.427 e. The van der Waals surface area contributed by atoms with Crippen LogP contribution >= 0.6 is 0 Å². The van der Waals surface area contributed by atoms with Gasteiger partial charge in [0.1, 0.15) is 5.75 Å². The number of aryl methyl sites for hydroxylation is 1. The third kappa shape index (κ3) is 4.83. The van der Waals surface area contributed by atoms with Gasteiger partial charge >= 0.3 is 12.1 Å². The summed E-state index contributed by atoms with van der Waals surface area (Å²) in [5, 5.41) is 9.02. The van der Waals surface area contributed by atoms with Crippen LogP contribution in [0.25, 0.3) is 0 Å². The van der Waals surface area contributed by atoms with Crippen molar-refractivity contribution in [2.45, 2.75) is 46.3 Å². The molecule has 0 spiro atoms. The van der Waals surface area contributed by atoms with Gasteiger partial charge in [-0.1, -0.05) is 6.92 Å². The van der Waals surface area contributed by atoms with Gasteiger partial charge in [0, 0.05) is 18.5 Å². The zero-order valence-electron chi connectivity index (χ0n) is 15.2. The third-order valence-electron chi connectivity index (χ3n) is 3.78. The number of anilines is 1. The molecule has 1 aromatic heterocycles. The topological polar surface area (TPSA) is 86.1 Å². The van der Waals surface area contributed by atoms with Crippen LogP contribution in [-0.2, 0) is 11.0 Å². The first-order chi connectivity index (χ1) is 12.5. The summed E-state index contributed by atoms with van der Waals surface area (Å²) >= 11 is 0. The van der Waals surface area contributed by atoms with Crippen molar-refractivity contribution in [3.63, 3.8) is 0 Å². The second kappa shape index (κ2) is 7.77. The van der Waals surface area contributed by atoms with E-state index < -0.39 is 29.9 Å². The number of nitrogens with one attached hydrogen (secondary N) is 1. The number of amides is 1. The summed E-state index contributed by atoms with van der Waals surface area (Å²) in [4.78, 5) is 23.6. The Bertz CT molecular complexity index is 862. The van der Waals surface area contributed by atoms with Crippen LogP contribution in [0.4, 0.5) is 19.1 Å². The molecule has 1 amide bonds. The Morgan fingerprint density at radius 2 is 1.93 bits per heavy atom. The molecule has 0 aliphatic rings. The first kappa shape index (κ1) is 20.4. The van der Waals surface area contributed by atoms with Crippen LogP contribution in [0.15, 0.2) is 18.2 Å². The number of benzene rings is 1. The molecule has 0 fully saturated rings. The predicted molar refractivity (Wildman–Crippen MR) is 90.5 cm³/mol. The molecule has 0 bridgehead atoms. The number of aromatic nitrogens is 3. The molecule has 1 atom stereocenters. The van der Waals surface area contributed by atoms with E-state index in [4.69, 9.17) is 4.74 Å². The molecule has 7 nitrogen and oxygen atoms in total. The molecule has 10 heteroatoms. The highest BCUT2D eigenvalue weighted by Crippen LogP contribution is 2.32. The molecule has 2 rings (SSSR count). The minimum Gasteiger partial charge on any atom is -0.427 e. The Hall–Kier alpha value is -2.91. The maximum atomic E-state index is 13.2. The average Bonchev–Trinajstić information content (AvgIpc) is 2.96. The summed E-state index contributed by atoms with van der Waals surface area (Å²) < 4.78 is 45.3. The largest absolute Gasteiger partial charge is 0.451 e. The van der Waals surface area contributed by atoms with Crippen LogP contribution in [0.5, 0.6) is 5.75 Å². The molecule has 27 heavy (non-hydrogen) atoms. The van der Waals surface area contributed by atoms with Crippen LogP contribution in [-0.4, -0.2) is 26.6 Å². The fourth-order valence-corrected chi connectivity index (χ4v) is 2.45. The van der Waals surface area contributed by atoms with Gasteiger partial charge < -0.3 is 4.74 Å². The first-order valence-electron chi connectivity index (χ1n) is 8.16. The number of alkyl halides is 3. The molecule has 0 aliphatic carbocycles. The van der Waals surface area contributed by atoms with Crippen LogP contribution in [0.1, 0.15) is 55.0 Å². The lowest BCUT2D eigenvalue weighted by Gasteiger charge is -2.18. The molecular weight excluding hydrogens is 365 g/mol. The van der Waals surface area contributed by atoms with Gasteiger partial charge in [0.15, 0.2) is 0 Å². The Morgan fingerprint density at radius 3 is 2.48 bits per heavy atom.